The zero-order valence-electron chi connectivity index (χ0n) is 14.2. The SMILES string of the molecule is C#CB1C2C=CC(C3C(=O)OC(=O)C23)N1O[Si](C)(C)C(C)(C)C. The van der Waals surface area contributed by atoms with Gasteiger partial charge in [0.05, 0.1) is 17.9 Å². The topological polar surface area (TPSA) is 55.8 Å². The molecule has 0 spiro atoms. The fraction of sp³-hybridized carbons (Fsp3) is 0.625. The highest BCUT2D eigenvalue weighted by Gasteiger charge is 2.63. The number of carbonyl (C=O) groups excluding carboxylic acids is 2. The summed E-state index contributed by atoms with van der Waals surface area (Å²) in [4.78, 5) is 25.9. The summed E-state index contributed by atoms with van der Waals surface area (Å²) in [6.07, 6.45) is 9.63. The van der Waals surface area contributed by atoms with Crippen molar-refractivity contribution < 1.29 is 18.9 Å². The van der Waals surface area contributed by atoms with E-state index in [-0.39, 0.29) is 23.7 Å². The number of rotatable bonds is 2. The van der Waals surface area contributed by atoms with Crippen LogP contribution in [0.2, 0.25) is 23.9 Å². The smallest absolute Gasteiger partial charge is 0.345 e. The third-order valence-electron chi connectivity index (χ3n) is 5.69. The third-order valence-corrected chi connectivity index (χ3v) is 9.97. The monoisotopic (exact) mass is 331 g/mol. The Morgan fingerprint density at radius 3 is 2.43 bits per heavy atom. The number of hydroxylamine groups is 1. The van der Waals surface area contributed by atoms with Crippen LogP contribution in [0.5, 0.6) is 0 Å². The standard InChI is InChI=1S/C16H22BNO4Si/c1-7-17-10-8-9-11(13-12(10)14(19)21-15(13)20)18(17)22-23(5,6)16(2,3)4/h1,8-13H,2-6H3. The summed E-state index contributed by atoms with van der Waals surface area (Å²) in [5.41, 5.74) is 0. The first-order chi connectivity index (χ1) is 10.6. The van der Waals surface area contributed by atoms with Crippen molar-refractivity contribution in [1.82, 2.24) is 4.97 Å². The van der Waals surface area contributed by atoms with Crippen molar-refractivity contribution in [3.63, 3.8) is 0 Å². The molecule has 4 rings (SSSR count). The van der Waals surface area contributed by atoms with E-state index >= 15 is 0 Å². The van der Waals surface area contributed by atoms with Crippen LogP contribution in [0.3, 0.4) is 0 Å². The fourth-order valence-electron chi connectivity index (χ4n) is 3.36. The van der Waals surface area contributed by atoms with E-state index in [1.54, 1.807) is 4.97 Å². The maximum atomic E-state index is 12.1. The van der Waals surface area contributed by atoms with Gasteiger partial charge < -0.3 is 9.26 Å². The van der Waals surface area contributed by atoms with Crippen molar-refractivity contribution in [2.24, 2.45) is 11.8 Å². The van der Waals surface area contributed by atoms with Crippen LogP contribution in [-0.4, -0.2) is 38.1 Å². The molecule has 0 radical (unpaired) electrons. The van der Waals surface area contributed by atoms with Gasteiger partial charge in [-0.25, -0.2) is 4.97 Å². The Bertz CT molecular complexity index is 633. The second-order valence-corrected chi connectivity index (χ2v) is 12.8. The van der Waals surface area contributed by atoms with Gasteiger partial charge in [-0.1, -0.05) is 32.9 Å². The highest BCUT2D eigenvalue weighted by Crippen LogP contribution is 2.50. The van der Waals surface area contributed by atoms with Gasteiger partial charge in [0.25, 0.3) is 0 Å². The maximum absolute atomic E-state index is 12.1. The Morgan fingerprint density at radius 1 is 1.26 bits per heavy atom. The second kappa shape index (κ2) is 5.07. The lowest BCUT2D eigenvalue weighted by Crippen LogP contribution is -2.64. The zero-order chi connectivity index (χ0) is 17.2. The number of carbonyl (C=O) groups is 2. The molecule has 0 saturated carbocycles. The third kappa shape index (κ3) is 2.32. The van der Waals surface area contributed by atoms with Crippen LogP contribution in [0.15, 0.2) is 12.2 Å². The molecule has 0 aromatic heterocycles. The molecule has 3 heterocycles. The summed E-state index contributed by atoms with van der Waals surface area (Å²) in [6.45, 7) is 10.4. The molecular weight excluding hydrogens is 309 g/mol. The molecule has 4 aliphatic rings. The maximum Gasteiger partial charge on any atom is 0.345 e. The van der Waals surface area contributed by atoms with E-state index in [2.05, 4.69) is 39.7 Å². The van der Waals surface area contributed by atoms with Crippen molar-refractivity contribution in [2.75, 3.05) is 0 Å². The summed E-state index contributed by atoms with van der Waals surface area (Å²) in [5, 5.41) is 0.0119. The Morgan fingerprint density at radius 2 is 1.87 bits per heavy atom. The predicted molar refractivity (Wildman–Crippen MR) is 89.5 cm³/mol. The van der Waals surface area contributed by atoms with E-state index in [0.717, 1.165) is 0 Å². The number of esters is 2. The minimum Gasteiger partial charge on any atom is -0.393 e. The van der Waals surface area contributed by atoms with Crippen LogP contribution in [0.25, 0.3) is 0 Å². The minimum atomic E-state index is -2.11. The molecule has 0 aromatic carbocycles. The number of ether oxygens (including phenoxy) is 1. The van der Waals surface area contributed by atoms with Gasteiger partial charge in [-0.05, 0) is 23.9 Å². The quantitative estimate of drug-likeness (QED) is 0.255. The van der Waals surface area contributed by atoms with Gasteiger partial charge >= 0.3 is 18.8 Å². The van der Waals surface area contributed by atoms with Crippen molar-refractivity contribution in [3.05, 3.63) is 12.2 Å². The van der Waals surface area contributed by atoms with Gasteiger partial charge in [-0.3, -0.25) is 9.59 Å². The Balaban J connectivity index is 1.97. The number of terminal acetylenes is 1. The van der Waals surface area contributed by atoms with E-state index in [9.17, 15) is 9.59 Å². The van der Waals surface area contributed by atoms with Gasteiger partial charge in [0, 0.05) is 0 Å². The van der Waals surface area contributed by atoms with Crippen molar-refractivity contribution in [1.29, 1.82) is 0 Å². The molecule has 122 valence electrons. The summed E-state index contributed by atoms with van der Waals surface area (Å²) in [5.74, 6) is 0.629. The van der Waals surface area contributed by atoms with E-state index in [0.29, 0.717) is 0 Å². The summed E-state index contributed by atoms with van der Waals surface area (Å²) < 4.78 is 11.3. The zero-order valence-corrected chi connectivity index (χ0v) is 15.2. The number of allylic oxidation sites excluding steroid dienone is 1. The first kappa shape index (κ1) is 16.5. The van der Waals surface area contributed by atoms with Crippen LogP contribution in [-0.2, 0) is 18.9 Å². The molecule has 4 unspecified atom stereocenters. The molecule has 0 amide bonds. The molecule has 7 heteroatoms. The number of hydrogen-bond acceptors (Lipinski definition) is 5. The van der Waals surface area contributed by atoms with Crippen molar-refractivity contribution in [3.8, 4) is 12.2 Å². The summed E-state index contributed by atoms with van der Waals surface area (Å²) in [6, 6.07) is -0.334. The Labute approximate surface area is 138 Å². The lowest BCUT2D eigenvalue weighted by Gasteiger charge is -2.51. The first-order valence-corrected chi connectivity index (χ1v) is 10.9. The van der Waals surface area contributed by atoms with E-state index < -0.39 is 32.1 Å². The minimum absolute atomic E-state index is 0.0119. The van der Waals surface area contributed by atoms with Gasteiger partial charge in [0.2, 0.25) is 8.32 Å². The van der Waals surface area contributed by atoms with Crippen LogP contribution >= 0.6 is 0 Å². The average molecular weight is 331 g/mol. The highest BCUT2D eigenvalue weighted by molar-refractivity contribution is 6.75. The lowest BCUT2D eigenvalue weighted by molar-refractivity contribution is -0.154. The molecule has 23 heavy (non-hydrogen) atoms. The number of nitrogens with zero attached hydrogens (tertiary/aromatic N) is 1. The van der Waals surface area contributed by atoms with Crippen molar-refractivity contribution in [2.45, 2.75) is 50.8 Å². The highest BCUT2D eigenvalue weighted by atomic mass is 28.4. The molecule has 1 aliphatic carbocycles. The van der Waals surface area contributed by atoms with Gasteiger partial charge in [0.15, 0.2) is 0 Å². The molecule has 2 bridgehead atoms. The van der Waals surface area contributed by atoms with E-state index in [1.807, 2.05) is 12.2 Å². The molecule has 5 nitrogen and oxygen atoms in total. The second-order valence-electron chi connectivity index (χ2n) is 8.07. The summed E-state index contributed by atoms with van der Waals surface area (Å²) >= 11 is 0. The number of fused-ring (bicyclic) bond motifs is 1. The number of cyclic esters (lactones) is 2. The van der Waals surface area contributed by atoms with Crippen LogP contribution in [0.1, 0.15) is 20.8 Å². The first-order valence-electron chi connectivity index (χ1n) is 7.96. The largest absolute Gasteiger partial charge is 0.393 e. The average Bonchev–Trinajstić information content (AvgIpc) is 2.75. The molecule has 4 atom stereocenters. The summed E-state index contributed by atoms with van der Waals surface area (Å²) in [7, 11) is -2.11. The molecular formula is C16H22BNO4Si. The van der Waals surface area contributed by atoms with Gasteiger partial charge in [-0.2, -0.15) is 0 Å². The van der Waals surface area contributed by atoms with Crippen LogP contribution < -0.4 is 0 Å². The Hall–Kier alpha value is -1.36. The molecule has 2 saturated heterocycles. The lowest BCUT2D eigenvalue weighted by atomic mass is 9.41. The molecule has 2 fully saturated rings. The van der Waals surface area contributed by atoms with Crippen LogP contribution in [0, 0.1) is 24.1 Å². The van der Waals surface area contributed by atoms with E-state index in [4.69, 9.17) is 15.7 Å². The molecule has 0 aromatic rings. The predicted octanol–water partition coefficient (Wildman–Crippen LogP) is 2.03. The Kier molecular flexibility index (Phi) is 3.63. The fourth-order valence-corrected chi connectivity index (χ4v) is 4.40. The van der Waals surface area contributed by atoms with Gasteiger partial charge in [-0.15, -0.1) is 12.2 Å². The van der Waals surface area contributed by atoms with Gasteiger partial charge in [0.1, 0.15) is 0 Å². The van der Waals surface area contributed by atoms with Crippen LogP contribution in [0.4, 0.5) is 0 Å². The van der Waals surface area contributed by atoms with E-state index in [1.165, 1.54) is 0 Å². The number of hydrogen-bond donors (Lipinski definition) is 0. The molecule has 3 aliphatic heterocycles. The molecule has 0 N–H and O–H groups in total. The normalized spacial score (nSPS) is 33.7. The van der Waals surface area contributed by atoms with Crippen molar-refractivity contribution >= 4 is 27.1 Å².